The van der Waals surface area contributed by atoms with Crippen molar-refractivity contribution < 1.29 is 14.3 Å². The molecule has 0 fully saturated rings. The summed E-state index contributed by atoms with van der Waals surface area (Å²) in [5.41, 5.74) is 7.11. The summed E-state index contributed by atoms with van der Waals surface area (Å²) in [4.78, 5) is 16.6. The van der Waals surface area contributed by atoms with E-state index >= 15 is 0 Å². The lowest BCUT2D eigenvalue weighted by molar-refractivity contribution is 0.102. The molecule has 3 N–H and O–H groups in total. The van der Waals surface area contributed by atoms with Crippen molar-refractivity contribution in [1.29, 1.82) is 0 Å². The van der Waals surface area contributed by atoms with Gasteiger partial charge in [-0.15, -0.1) is 11.6 Å². The topological polar surface area (TPSA) is 85.9 Å². The first-order chi connectivity index (χ1) is 11.2. The van der Waals surface area contributed by atoms with Gasteiger partial charge in [0.2, 0.25) is 6.79 Å². The molecule has 0 aromatic heterocycles. The number of amidine groups is 1. The summed E-state index contributed by atoms with van der Waals surface area (Å²) in [6, 6.07) is 12.1. The van der Waals surface area contributed by atoms with Crippen LogP contribution >= 0.6 is 11.6 Å². The number of amides is 1. The third kappa shape index (κ3) is 3.37. The number of fused-ring (bicyclic) bond motifs is 1. The number of carbonyl (C=O) groups is 1. The van der Waals surface area contributed by atoms with Crippen molar-refractivity contribution in [1.82, 2.24) is 0 Å². The van der Waals surface area contributed by atoms with Crippen LogP contribution in [0.1, 0.15) is 10.4 Å². The van der Waals surface area contributed by atoms with Gasteiger partial charge >= 0.3 is 0 Å². The van der Waals surface area contributed by atoms with Crippen LogP contribution < -0.4 is 20.5 Å². The van der Waals surface area contributed by atoms with Crippen molar-refractivity contribution in [2.45, 2.75) is 0 Å². The van der Waals surface area contributed by atoms with E-state index in [1.807, 2.05) is 0 Å². The number of nitrogens with zero attached hydrogens (tertiary/aromatic N) is 1. The second kappa shape index (κ2) is 6.58. The zero-order chi connectivity index (χ0) is 16.2. The highest BCUT2D eigenvalue weighted by molar-refractivity contribution is 6.28. The zero-order valence-electron chi connectivity index (χ0n) is 12.1. The first kappa shape index (κ1) is 15.2. The van der Waals surface area contributed by atoms with Crippen LogP contribution in [0.4, 0.5) is 11.4 Å². The molecule has 23 heavy (non-hydrogen) atoms. The Hall–Kier alpha value is -2.73. The van der Waals surface area contributed by atoms with Gasteiger partial charge < -0.3 is 20.5 Å². The highest BCUT2D eigenvalue weighted by Gasteiger charge is 2.16. The number of hydrogen-bond acceptors (Lipinski definition) is 4. The second-order valence-electron chi connectivity index (χ2n) is 4.78. The molecule has 6 nitrogen and oxygen atoms in total. The van der Waals surface area contributed by atoms with Crippen LogP contribution in [-0.2, 0) is 0 Å². The van der Waals surface area contributed by atoms with E-state index in [4.69, 9.17) is 26.8 Å². The lowest BCUT2D eigenvalue weighted by atomic mass is 10.1. The summed E-state index contributed by atoms with van der Waals surface area (Å²) in [5, 5.41) is 2.80. The van der Waals surface area contributed by atoms with Crippen molar-refractivity contribution >= 4 is 34.7 Å². The number of carbonyl (C=O) groups excluding carboxylic acids is 1. The molecule has 7 heteroatoms. The van der Waals surface area contributed by atoms with E-state index in [9.17, 15) is 4.79 Å². The molecule has 0 saturated carbocycles. The molecule has 0 spiro atoms. The molecule has 0 atom stereocenters. The molecule has 3 rings (SSSR count). The second-order valence-corrected chi connectivity index (χ2v) is 5.04. The number of alkyl halides is 1. The summed E-state index contributed by atoms with van der Waals surface area (Å²) >= 11 is 5.64. The molecule has 1 aliphatic rings. The third-order valence-electron chi connectivity index (χ3n) is 3.18. The fraction of sp³-hybridized carbons (Fsp3) is 0.125. The first-order valence-corrected chi connectivity index (χ1v) is 7.40. The molecule has 118 valence electrons. The maximum atomic E-state index is 12.5. The number of hydrogen-bond donors (Lipinski definition) is 2. The van der Waals surface area contributed by atoms with E-state index in [0.717, 1.165) is 0 Å². The minimum Gasteiger partial charge on any atom is -0.454 e. The minimum absolute atomic E-state index is 0.0954. The van der Waals surface area contributed by atoms with Crippen LogP contribution in [0, 0.1) is 0 Å². The van der Waals surface area contributed by atoms with Crippen molar-refractivity contribution in [3.8, 4) is 11.5 Å². The zero-order valence-corrected chi connectivity index (χ0v) is 12.8. The molecule has 1 amide bonds. The number of nitrogens with two attached hydrogens (primary N) is 1. The van der Waals surface area contributed by atoms with Crippen LogP contribution in [-0.4, -0.2) is 24.4 Å². The number of anilines is 1. The Kier molecular flexibility index (Phi) is 4.34. The monoisotopic (exact) mass is 331 g/mol. The number of benzene rings is 2. The first-order valence-electron chi connectivity index (χ1n) is 6.86. The van der Waals surface area contributed by atoms with Gasteiger partial charge in [0.25, 0.3) is 5.91 Å². The Morgan fingerprint density at radius 3 is 2.83 bits per heavy atom. The highest BCUT2D eigenvalue weighted by Crippen LogP contribution is 2.34. The summed E-state index contributed by atoms with van der Waals surface area (Å²) in [6.45, 7) is 0.183. The molecule has 0 unspecified atom stereocenters. The number of para-hydroxylation sites is 1. The summed E-state index contributed by atoms with van der Waals surface area (Å²) in [6.07, 6.45) is 0. The molecule has 0 saturated heterocycles. The van der Waals surface area contributed by atoms with E-state index in [0.29, 0.717) is 28.4 Å². The van der Waals surface area contributed by atoms with Gasteiger partial charge in [-0.3, -0.25) is 4.79 Å². The van der Waals surface area contributed by atoms with Crippen LogP contribution in [0.2, 0.25) is 0 Å². The molecule has 0 bridgehead atoms. The van der Waals surface area contributed by atoms with Gasteiger partial charge in [-0.1, -0.05) is 12.1 Å². The lowest BCUT2D eigenvalue weighted by Crippen LogP contribution is -2.15. The van der Waals surface area contributed by atoms with E-state index in [2.05, 4.69) is 10.3 Å². The van der Waals surface area contributed by atoms with E-state index in [1.165, 1.54) is 0 Å². The average Bonchev–Trinajstić information content (AvgIpc) is 3.02. The van der Waals surface area contributed by atoms with Gasteiger partial charge in [0, 0.05) is 11.8 Å². The predicted octanol–water partition coefficient (Wildman–Crippen LogP) is 2.90. The third-order valence-corrected chi connectivity index (χ3v) is 3.45. The Balaban J connectivity index is 1.84. The lowest BCUT2D eigenvalue weighted by Gasteiger charge is -2.08. The predicted molar refractivity (Wildman–Crippen MR) is 89.0 cm³/mol. The van der Waals surface area contributed by atoms with Crippen LogP contribution in [0.5, 0.6) is 11.5 Å². The van der Waals surface area contributed by atoms with Crippen molar-refractivity contribution in [3.05, 3.63) is 48.0 Å². The van der Waals surface area contributed by atoms with Gasteiger partial charge in [0.1, 0.15) is 5.84 Å². The van der Waals surface area contributed by atoms with Crippen LogP contribution in [0.25, 0.3) is 0 Å². The number of halogens is 1. The Bertz CT molecular complexity index is 777. The van der Waals surface area contributed by atoms with E-state index in [-0.39, 0.29) is 24.4 Å². The maximum Gasteiger partial charge on any atom is 0.257 e. The van der Waals surface area contributed by atoms with Crippen molar-refractivity contribution in [2.24, 2.45) is 10.7 Å². The Labute approximate surface area is 137 Å². The number of aliphatic imine (C=N–C) groups is 1. The SMILES string of the molecule is NC(CCl)=Nc1ccccc1C(=O)Nc1ccc2c(c1)OCO2. The molecular weight excluding hydrogens is 318 g/mol. The molecule has 2 aromatic carbocycles. The van der Waals surface area contributed by atoms with E-state index in [1.54, 1.807) is 42.5 Å². The van der Waals surface area contributed by atoms with Crippen LogP contribution in [0.15, 0.2) is 47.5 Å². The normalized spacial score (nSPS) is 13.0. The number of nitrogens with one attached hydrogen (secondary N) is 1. The quantitative estimate of drug-likeness (QED) is 0.512. The van der Waals surface area contributed by atoms with E-state index < -0.39 is 0 Å². The fourth-order valence-electron chi connectivity index (χ4n) is 2.12. The fourth-order valence-corrected chi connectivity index (χ4v) is 2.18. The molecule has 1 heterocycles. The molecule has 0 radical (unpaired) electrons. The molecule has 0 aliphatic carbocycles. The Morgan fingerprint density at radius 2 is 2.00 bits per heavy atom. The van der Waals surface area contributed by atoms with Crippen molar-refractivity contribution in [2.75, 3.05) is 18.0 Å². The van der Waals surface area contributed by atoms with Gasteiger partial charge in [-0.2, -0.15) is 0 Å². The smallest absolute Gasteiger partial charge is 0.257 e. The number of rotatable bonds is 4. The molecular formula is C16H14ClN3O3. The standard InChI is InChI=1S/C16H14ClN3O3/c17-8-15(18)20-12-4-2-1-3-11(12)16(21)19-10-5-6-13-14(7-10)23-9-22-13/h1-7H,8-9H2,(H2,18,20)(H,19,21). The largest absolute Gasteiger partial charge is 0.454 e. The summed E-state index contributed by atoms with van der Waals surface area (Å²) in [7, 11) is 0. The van der Waals surface area contributed by atoms with Gasteiger partial charge in [0.05, 0.1) is 17.1 Å². The molecule has 1 aliphatic heterocycles. The van der Waals surface area contributed by atoms with Crippen molar-refractivity contribution in [3.63, 3.8) is 0 Å². The Morgan fingerprint density at radius 1 is 1.22 bits per heavy atom. The van der Waals surface area contributed by atoms with Gasteiger partial charge in [-0.05, 0) is 24.3 Å². The minimum atomic E-state index is -0.300. The highest BCUT2D eigenvalue weighted by atomic mass is 35.5. The summed E-state index contributed by atoms with van der Waals surface area (Å²) in [5.74, 6) is 1.29. The number of ether oxygens (including phenoxy) is 2. The maximum absolute atomic E-state index is 12.5. The van der Waals surface area contributed by atoms with Gasteiger partial charge in [-0.25, -0.2) is 4.99 Å². The van der Waals surface area contributed by atoms with Crippen LogP contribution in [0.3, 0.4) is 0 Å². The molecule has 2 aromatic rings. The van der Waals surface area contributed by atoms with Gasteiger partial charge in [0.15, 0.2) is 11.5 Å². The average molecular weight is 332 g/mol. The summed E-state index contributed by atoms with van der Waals surface area (Å²) < 4.78 is 10.5.